The third-order valence-corrected chi connectivity index (χ3v) is 5.70. The average molecular weight is 363 g/mol. The van der Waals surface area contributed by atoms with E-state index in [9.17, 15) is 4.39 Å². The van der Waals surface area contributed by atoms with E-state index in [1.807, 2.05) is 6.92 Å². The Hall–Kier alpha value is -1.82. The van der Waals surface area contributed by atoms with Crippen molar-refractivity contribution < 1.29 is 13.9 Å². The molecule has 2 fully saturated rings. The lowest BCUT2D eigenvalue weighted by atomic mass is 9.57. The van der Waals surface area contributed by atoms with Gasteiger partial charge in [0.2, 0.25) is 0 Å². The predicted octanol–water partition coefficient (Wildman–Crippen LogP) is 2.96. The maximum absolute atomic E-state index is 13.8. The van der Waals surface area contributed by atoms with Crippen molar-refractivity contribution >= 4 is 5.96 Å². The van der Waals surface area contributed by atoms with Crippen molar-refractivity contribution in [1.29, 1.82) is 0 Å². The molecule has 1 saturated carbocycles. The SMILES string of the molecule is CCC(CNC(=NC)NC1C2CCOC2C1(C)C)Oc1ccccc1F. The zero-order valence-corrected chi connectivity index (χ0v) is 16.1. The molecule has 0 bridgehead atoms. The van der Waals surface area contributed by atoms with Crippen molar-refractivity contribution in [3.8, 4) is 5.75 Å². The van der Waals surface area contributed by atoms with Gasteiger partial charge in [0.1, 0.15) is 6.10 Å². The maximum atomic E-state index is 13.8. The molecule has 3 rings (SSSR count). The highest BCUT2D eigenvalue weighted by Gasteiger charge is 2.59. The van der Waals surface area contributed by atoms with Crippen LogP contribution in [0.3, 0.4) is 0 Å². The fourth-order valence-electron chi connectivity index (χ4n) is 4.16. The highest BCUT2D eigenvalue weighted by molar-refractivity contribution is 5.80. The lowest BCUT2D eigenvalue weighted by molar-refractivity contribution is -0.106. The van der Waals surface area contributed by atoms with Gasteiger partial charge < -0.3 is 20.1 Å². The molecular weight excluding hydrogens is 333 g/mol. The third kappa shape index (κ3) is 3.65. The molecule has 2 aliphatic rings. The molecule has 1 heterocycles. The minimum atomic E-state index is -0.336. The summed E-state index contributed by atoms with van der Waals surface area (Å²) in [7, 11) is 1.77. The molecule has 0 aromatic heterocycles. The quantitative estimate of drug-likeness (QED) is 0.603. The zero-order valence-electron chi connectivity index (χ0n) is 16.1. The molecule has 0 amide bonds. The number of aliphatic imine (C=N–C) groups is 1. The van der Waals surface area contributed by atoms with Gasteiger partial charge in [-0.1, -0.05) is 32.9 Å². The Morgan fingerprint density at radius 1 is 1.42 bits per heavy atom. The lowest BCUT2D eigenvalue weighted by Crippen LogP contribution is -2.68. The van der Waals surface area contributed by atoms with Crippen molar-refractivity contribution in [2.45, 2.75) is 51.9 Å². The molecule has 1 aromatic rings. The van der Waals surface area contributed by atoms with Crippen molar-refractivity contribution in [3.63, 3.8) is 0 Å². The van der Waals surface area contributed by atoms with Crippen LogP contribution in [0.4, 0.5) is 4.39 Å². The Bertz CT molecular complexity index is 650. The van der Waals surface area contributed by atoms with E-state index in [0.717, 1.165) is 25.4 Å². The van der Waals surface area contributed by atoms with Gasteiger partial charge in [0.05, 0.1) is 12.6 Å². The summed E-state index contributed by atoms with van der Waals surface area (Å²) in [5, 5.41) is 6.88. The van der Waals surface area contributed by atoms with Crippen molar-refractivity contribution in [3.05, 3.63) is 30.1 Å². The Labute approximate surface area is 155 Å². The molecule has 1 saturated heterocycles. The normalized spacial score (nSPS) is 28.0. The summed E-state index contributed by atoms with van der Waals surface area (Å²) < 4.78 is 25.4. The maximum Gasteiger partial charge on any atom is 0.191 e. The summed E-state index contributed by atoms with van der Waals surface area (Å²) >= 11 is 0. The molecule has 2 N–H and O–H groups in total. The van der Waals surface area contributed by atoms with Crippen LogP contribution in [0.2, 0.25) is 0 Å². The smallest absolute Gasteiger partial charge is 0.191 e. The molecule has 4 atom stereocenters. The number of halogens is 1. The Morgan fingerprint density at radius 3 is 2.88 bits per heavy atom. The number of rotatable bonds is 6. The largest absolute Gasteiger partial charge is 0.486 e. The van der Waals surface area contributed by atoms with Crippen LogP contribution in [0.15, 0.2) is 29.3 Å². The molecular formula is C20H30FN3O2. The second-order valence-electron chi connectivity index (χ2n) is 7.72. The lowest BCUT2D eigenvalue weighted by Gasteiger charge is -2.54. The van der Waals surface area contributed by atoms with Crippen LogP contribution in [0, 0.1) is 17.2 Å². The van der Waals surface area contributed by atoms with E-state index < -0.39 is 0 Å². The van der Waals surface area contributed by atoms with Crippen LogP contribution in [-0.2, 0) is 4.74 Å². The molecule has 1 aliphatic carbocycles. The minimum Gasteiger partial charge on any atom is -0.486 e. The molecule has 5 nitrogen and oxygen atoms in total. The number of nitrogens with zero attached hydrogens (tertiary/aromatic N) is 1. The highest BCUT2D eigenvalue weighted by atomic mass is 19.1. The first-order valence-corrected chi connectivity index (χ1v) is 9.47. The first-order valence-electron chi connectivity index (χ1n) is 9.47. The zero-order chi connectivity index (χ0) is 18.7. The van der Waals surface area contributed by atoms with E-state index in [1.54, 1.807) is 25.2 Å². The molecule has 1 aromatic carbocycles. The van der Waals surface area contributed by atoms with E-state index in [-0.39, 0.29) is 23.1 Å². The standard InChI is InChI=1S/C20H30FN3O2/c1-5-13(26-16-9-7-6-8-15(16)21)12-23-19(22-4)24-17-14-10-11-25-18(14)20(17,2)3/h6-9,13-14,17-18H,5,10-12H2,1-4H3,(H2,22,23,24). The summed E-state index contributed by atoms with van der Waals surface area (Å²) in [5.74, 6) is 1.25. The number of ether oxygens (including phenoxy) is 2. The number of benzene rings is 1. The van der Waals surface area contributed by atoms with E-state index in [4.69, 9.17) is 9.47 Å². The summed E-state index contributed by atoms with van der Waals surface area (Å²) in [4.78, 5) is 4.34. The van der Waals surface area contributed by atoms with Crippen molar-refractivity contribution in [2.75, 3.05) is 20.2 Å². The number of nitrogens with one attached hydrogen (secondary N) is 2. The topological polar surface area (TPSA) is 54.9 Å². The van der Waals surface area contributed by atoms with Gasteiger partial charge in [0.25, 0.3) is 0 Å². The van der Waals surface area contributed by atoms with E-state index >= 15 is 0 Å². The fraction of sp³-hybridized carbons (Fsp3) is 0.650. The van der Waals surface area contributed by atoms with Gasteiger partial charge in [0.15, 0.2) is 17.5 Å². The second kappa shape index (κ2) is 7.82. The molecule has 0 spiro atoms. The van der Waals surface area contributed by atoms with Crippen LogP contribution in [0.1, 0.15) is 33.6 Å². The number of fused-ring (bicyclic) bond motifs is 1. The van der Waals surface area contributed by atoms with Crippen LogP contribution >= 0.6 is 0 Å². The van der Waals surface area contributed by atoms with Crippen molar-refractivity contribution in [1.82, 2.24) is 10.6 Å². The van der Waals surface area contributed by atoms with E-state index in [1.165, 1.54) is 6.07 Å². The first-order chi connectivity index (χ1) is 12.5. The van der Waals surface area contributed by atoms with Gasteiger partial charge in [-0.05, 0) is 25.0 Å². The fourth-order valence-corrected chi connectivity index (χ4v) is 4.16. The Morgan fingerprint density at radius 2 is 2.19 bits per heavy atom. The molecule has 4 unspecified atom stereocenters. The number of guanidine groups is 1. The first kappa shape index (κ1) is 19.0. The summed E-state index contributed by atoms with van der Waals surface area (Å²) in [6.45, 7) is 7.90. The molecule has 1 aliphatic heterocycles. The Kier molecular flexibility index (Phi) is 5.70. The van der Waals surface area contributed by atoms with Crippen LogP contribution in [0.25, 0.3) is 0 Å². The summed E-state index contributed by atoms with van der Waals surface area (Å²) in [5.41, 5.74) is 0.0899. The monoisotopic (exact) mass is 363 g/mol. The minimum absolute atomic E-state index is 0.0899. The van der Waals surface area contributed by atoms with Crippen LogP contribution in [-0.4, -0.2) is 44.4 Å². The average Bonchev–Trinajstić information content (AvgIpc) is 3.09. The molecule has 0 radical (unpaired) electrons. The van der Waals surface area contributed by atoms with E-state index in [0.29, 0.717) is 24.6 Å². The molecule has 6 heteroatoms. The van der Waals surface area contributed by atoms with Gasteiger partial charge >= 0.3 is 0 Å². The van der Waals surface area contributed by atoms with Gasteiger partial charge in [-0.15, -0.1) is 0 Å². The second-order valence-corrected chi connectivity index (χ2v) is 7.72. The van der Waals surface area contributed by atoms with E-state index in [2.05, 4.69) is 29.5 Å². The number of hydrogen-bond acceptors (Lipinski definition) is 3. The van der Waals surface area contributed by atoms with Gasteiger partial charge in [-0.3, -0.25) is 4.99 Å². The Balaban J connectivity index is 1.54. The van der Waals surface area contributed by atoms with Crippen LogP contribution < -0.4 is 15.4 Å². The number of para-hydroxylation sites is 1. The summed E-state index contributed by atoms with van der Waals surface area (Å²) in [6, 6.07) is 6.84. The van der Waals surface area contributed by atoms with Gasteiger partial charge in [-0.2, -0.15) is 0 Å². The third-order valence-electron chi connectivity index (χ3n) is 5.70. The van der Waals surface area contributed by atoms with Crippen molar-refractivity contribution in [2.24, 2.45) is 16.3 Å². The van der Waals surface area contributed by atoms with Gasteiger partial charge in [-0.25, -0.2) is 4.39 Å². The number of hydrogen-bond donors (Lipinski definition) is 2. The predicted molar refractivity (Wildman–Crippen MR) is 101 cm³/mol. The molecule has 26 heavy (non-hydrogen) atoms. The van der Waals surface area contributed by atoms with Gasteiger partial charge in [0, 0.05) is 31.0 Å². The van der Waals surface area contributed by atoms with Crippen LogP contribution in [0.5, 0.6) is 5.75 Å². The summed E-state index contributed by atoms with van der Waals surface area (Å²) in [6.07, 6.45) is 2.07. The molecule has 144 valence electrons. The highest BCUT2D eigenvalue weighted by Crippen LogP contribution is 2.52.